The van der Waals surface area contributed by atoms with Crippen LogP contribution in [0.5, 0.6) is 0 Å². The first kappa shape index (κ1) is 17.3. The molecule has 4 nitrogen and oxygen atoms in total. The predicted octanol–water partition coefficient (Wildman–Crippen LogP) is 2.78. The number of rotatable bonds is 4. The van der Waals surface area contributed by atoms with E-state index >= 15 is 0 Å². The Balaban J connectivity index is 1.58. The molecule has 1 aromatic carbocycles. The van der Waals surface area contributed by atoms with Crippen molar-refractivity contribution in [3.05, 3.63) is 34.5 Å². The van der Waals surface area contributed by atoms with E-state index in [-0.39, 0.29) is 6.10 Å². The second kappa shape index (κ2) is 7.28. The van der Waals surface area contributed by atoms with Crippen molar-refractivity contribution in [3.63, 3.8) is 0 Å². The van der Waals surface area contributed by atoms with E-state index in [1.54, 1.807) is 0 Å². The molecule has 0 saturated carbocycles. The summed E-state index contributed by atoms with van der Waals surface area (Å²) >= 11 is 6.55. The van der Waals surface area contributed by atoms with E-state index in [4.69, 9.17) is 11.6 Å². The maximum atomic E-state index is 10.8. The predicted molar refractivity (Wildman–Crippen MR) is 104 cm³/mol. The quantitative estimate of drug-likeness (QED) is 0.908. The van der Waals surface area contributed by atoms with Gasteiger partial charge in [0.1, 0.15) is 0 Å². The van der Waals surface area contributed by atoms with Crippen LogP contribution < -0.4 is 0 Å². The molecular weight excluding hydrogens is 334 g/mol. The molecule has 1 aliphatic carbocycles. The molecule has 1 fully saturated rings. The van der Waals surface area contributed by atoms with Gasteiger partial charge in [0, 0.05) is 43.8 Å². The van der Waals surface area contributed by atoms with E-state index in [0.29, 0.717) is 6.54 Å². The maximum absolute atomic E-state index is 10.8. The largest absolute Gasteiger partial charge is 0.390 e. The van der Waals surface area contributed by atoms with Crippen molar-refractivity contribution < 1.29 is 5.11 Å². The molecule has 1 saturated heterocycles. The summed E-state index contributed by atoms with van der Waals surface area (Å²) in [5, 5.41) is 12.9. The van der Waals surface area contributed by atoms with Crippen LogP contribution in [0.25, 0.3) is 10.9 Å². The Labute approximate surface area is 155 Å². The summed E-state index contributed by atoms with van der Waals surface area (Å²) < 4.78 is 2.31. The Morgan fingerprint density at radius 3 is 2.64 bits per heavy atom. The second-order valence-corrected chi connectivity index (χ2v) is 8.04. The molecule has 4 rings (SSSR count). The summed E-state index contributed by atoms with van der Waals surface area (Å²) in [7, 11) is 2.16. The lowest BCUT2D eigenvalue weighted by atomic mass is 9.95. The summed E-state index contributed by atoms with van der Waals surface area (Å²) in [6.07, 6.45) is 4.36. The van der Waals surface area contributed by atoms with Crippen molar-refractivity contribution in [2.75, 3.05) is 39.8 Å². The van der Waals surface area contributed by atoms with E-state index in [2.05, 4.69) is 27.5 Å². The summed E-state index contributed by atoms with van der Waals surface area (Å²) in [6, 6.07) is 6.21. The molecule has 0 unspecified atom stereocenters. The molecule has 0 bridgehead atoms. The van der Waals surface area contributed by atoms with E-state index in [1.807, 2.05) is 12.1 Å². The van der Waals surface area contributed by atoms with E-state index in [9.17, 15) is 5.11 Å². The van der Waals surface area contributed by atoms with Gasteiger partial charge < -0.3 is 14.6 Å². The molecule has 0 amide bonds. The minimum absolute atomic E-state index is 0.360. The number of halogens is 1. The lowest BCUT2D eigenvalue weighted by Crippen LogP contribution is -2.47. The summed E-state index contributed by atoms with van der Waals surface area (Å²) in [5.74, 6) is 0. The van der Waals surface area contributed by atoms with Crippen LogP contribution in [0.2, 0.25) is 5.02 Å². The van der Waals surface area contributed by atoms with Crippen LogP contribution >= 0.6 is 11.6 Å². The highest BCUT2D eigenvalue weighted by atomic mass is 35.5. The summed E-state index contributed by atoms with van der Waals surface area (Å²) in [5.41, 5.74) is 3.97. The fourth-order valence-electron chi connectivity index (χ4n) is 4.44. The molecule has 1 N–H and O–H groups in total. The number of β-amino-alcohol motifs (C(OH)–C–C–N with tert-alkyl or cyclic N) is 1. The van der Waals surface area contributed by atoms with Crippen molar-refractivity contribution in [2.45, 2.75) is 38.3 Å². The van der Waals surface area contributed by atoms with Crippen LogP contribution in [0.1, 0.15) is 24.1 Å². The van der Waals surface area contributed by atoms with Gasteiger partial charge in [-0.05, 0) is 44.4 Å². The zero-order valence-corrected chi connectivity index (χ0v) is 15.8. The van der Waals surface area contributed by atoms with Gasteiger partial charge in [-0.15, -0.1) is 0 Å². The summed E-state index contributed by atoms with van der Waals surface area (Å²) in [6.45, 7) is 5.63. The van der Waals surface area contributed by atoms with Crippen LogP contribution in [0.4, 0.5) is 0 Å². The SMILES string of the molecule is CN1CCN(C[C@@H](O)Cn2c3c(c4cccc(Cl)c42)CCCC3)CC1. The van der Waals surface area contributed by atoms with Gasteiger partial charge in [0.25, 0.3) is 0 Å². The standard InChI is InChI=1S/C20H28ClN3O/c1-22-9-11-23(12-10-22)13-15(25)14-24-19-8-3-2-5-16(19)17-6-4-7-18(21)20(17)24/h4,6-7,15,25H,2-3,5,8-14H2,1H3/t15-/m1/s1. The normalized spacial score (nSPS) is 20.8. The molecule has 1 aliphatic heterocycles. The molecule has 1 aromatic heterocycles. The maximum Gasteiger partial charge on any atom is 0.0845 e. The molecule has 2 heterocycles. The lowest BCUT2D eigenvalue weighted by molar-refractivity contribution is 0.0712. The van der Waals surface area contributed by atoms with Crippen molar-refractivity contribution in [2.24, 2.45) is 0 Å². The van der Waals surface area contributed by atoms with Gasteiger partial charge >= 0.3 is 0 Å². The Morgan fingerprint density at radius 1 is 1.08 bits per heavy atom. The molecule has 0 spiro atoms. The van der Waals surface area contributed by atoms with Crippen molar-refractivity contribution >= 4 is 22.5 Å². The van der Waals surface area contributed by atoms with Gasteiger partial charge in [0.15, 0.2) is 0 Å². The van der Waals surface area contributed by atoms with Gasteiger partial charge in [-0.3, -0.25) is 4.90 Å². The minimum Gasteiger partial charge on any atom is -0.390 e. The van der Waals surface area contributed by atoms with Crippen LogP contribution in [0.15, 0.2) is 18.2 Å². The number of aryl methyl sites for hydroxylation is 1. The van der Waals surface area contributed by atoms with E-state index in [0.717, 1.165) is 56.1 Å². The first-order valence-corrected chi connectivity index (χ1v) is 9.88. The fourth-order valence-corrected chi connectivity index (χ4v) is 4.72. The van der Waals surface area contributed by atoms with Gasteiger partial charge in [0.2, 0.25) is 0 Å². The third kappa shape index (κ3) is 3.45. The first-order chi connectivity index (χ1) is 12.1. The minimum atomic E-state index is -0.360. The fraction of sp³-hybridized carbons (Fsp3) is 0.600. The number of piperazine rings is 1. The number of para-hydroxylation sites is 1. The van der Waals surface area contributed by atoms with Gasteiger partial charge in [0.05, 0.1) is 23.2 Å². The number of aromatic nitrogens is 1. The Morgan fingerprint density at radius 2 is 1.84 bits per heavy atom. The monoisotopic (exact) mass is 361 g/mol. The Bertz CT molecular complexity index is 749. The first-order valence-electron chi connectivity index (χ1n) is 9.51. The zero-order chi connectivity index (χ0) is 17.4. The molecule has 0 radical (unpaired) electrons. The average molecular weight is 362 g/mol. The number of hydrogen-bond acceptors (Lipinski definition) is 3. The van der Waals surface area contributed by atoms with Gasteiger partial charge in [-0.25, -0.2) is 0 Å². The molecule has 2 aliphatic rings. The number of hydrogen-bond donors (Lipinski definition) is 1. The summed E-state index contributed by atoms with van der Waals surface area (Å²) in [4.78, 5) is 4.73. The Kier molecular flexibility index (Phi) is 5.05. The highest BCUT2D eigenvalue weighted by molar-refractivity contribution is 6.35. The number of aliphatic hydroxyl groups excluding tert-OH is 1. The molecule has 5 heteroatoms. The molecule has 2 aromatic rings. The second-order valence-electron chi connectivity index (χ2n) is 7.64. The molecule has 136 valence electrons. The number of aliphatic hydroxyl groups is 1. The van der Waals surface area contributed by atoms with E-state index < -0.39 is 0 Å². The Hall–Kier alpha value is -1.07. The zero-order valence-electron chi connectivity index (χ0n) is 15.0. The number of benzene rings is 1. The number of likely N-dealkylation sites (N-methyl/N-ethyl adjacent to an activating group) is 1. The molecule has 1 atom stereocenters. The van der Waals surface area contributed by atoms with Crippen LogP contribution in [-0.2, 0) is 19.4 Å². The van der Waals surface area contributed by atoms with Crippen LogP contribution in [0, 0.1) is 0 Å². The smallest absolute Gasteiger partial charge is 0.0845 e. The average Bonchev–Trinajstić information content (AvgIpc) is 2.93. The highest BCUT2D eigenvalue weighted by Crippen LogP contribution is 2.35. The molecule has 25 heavy (non-hydrogen) atoms. The molecular formula is C20H28ClN3O. The van der Waals surface area contributed by atoms with Gasteiger partial charge in [-0.1, -0.05) is 23.7 Å². The van der Waals surface area contributed by atoms with Crippen molar-refractivity contribution in [1.29, 1.82) is 0 Å². The van der Waals surface area contributed by atoms with Gasteiger partial charge in [-0.2, -0.15) is 0 Å². The number of nitrogens with zero attached hydrogens (tertiary/aromatic N) is 3. The van der Waals surface area contributed by atoms with E-state index in [1.165, 1.54) is 29.5 Å². The number of fused-ring (bicyclic) bond motifs is 3. The topological polar surface area (TPSA) is 31.6 Å². The lowest BCUT2D eigenvalue weighted by Gasteiger charge is -2.33. The third-order valence-corrected chi connectivity index (χ3v) is 6.11. The van der Waals surface area contributed by atoms with Crippen molar-refractivity contribution in [3.8, 4) is 0 Å². The van der Waals surface area contributed by atoms with Crippen LogP contribution in [0.3, 0.4) is 0 Å². The highest BCUT2D eigenvalue weighted by Gasteiger charge is 2.24. The third-order valence-electron chi connectivity index (χ3n) is 5.80. The van der Waals surface area contributed by atoms with Crippen molar-refractivity contribution in [1.82, 2.24) is 14.4 Å². The van der Waals surface area contributed by atoms with Crippen LogP contribution in [-0.4, -0.2) is 65.3 Å².